The number of nitro benzene ring substituents is 1. The van der Waals surface area contributed by atoms with Crippen LogP contribution in [-0.2, 0) is 0 Å². The average Bonchev–Trinajstić information content (AvgIpc) is 3.42. The van der Waals surface area contributed by atoms with Crippen LogP contribution in [0, 0.1) is 10.1 Å². The maximum atomic E-state index is 11.1. The summed E-state index contributed by atoms with van der Waals surface area (Å²) in [5, 5.41) is 15.2. The molecule has 2 aromatic heterocycles. The van der Waals surface area contributed by atoms with Gasteiger partial charge in [-0.3, -0.25) is 15.1 Å². The van der Waals surface area contributed by atoms with Crippen LogP contribution in [0.5, 0.6) is 5.75 Å². The molecule has 1 aromatic carbocycles. The predicted octanol–water partition coefficient (Wildman–Crippen LogP) is 5.03. The molecule has 9 heteroatoms. The summed E-state index contributed by atoms with van der Waals surface area (Å²) in [7, 11) is 1.48. The lowest BCUT2D eigenvalue weighted by Gasteiger charge is -2.25. The zero-order valence-corrected chi connectivity index (χ0v) is 18.7. The number of nitrogens with zero attached hydrogens (tertiary/aromatic N) is 3. The number of benzene rings is 1. The van der Waals surface area contributed by atoms with Crippen LogP contribution in [0.15, 0.2) is 59.1 Å². The first-order chi connectivity index (χ1) is 15.5. The molecule has 166 valence electrons. The Balaban J connectivity index is 1.72. The highest BCUT2D eigenvalue weighted by atomic mass is 32.1. The molecule has 32 heavy (non-hydrogen) atoms. The van der Waals surface area contributed by atoms with Gasteiger partial charge in [-0.25, -0.2) is 0 Å². The number of furan rings is 1. The van der Waals surface area contributed by atoms with Gasteiger partial charge in [0.05, 0.1) is 35.4 Å². The van der Waals surface area contributed by atoms with E-state index in [-0.39, 0.29) is 17.8 Å². The second-order valence-corrected chi connectivity index (χ2v) is 7.90. The summed E-state index contributed by atoms with van der Waals surface area (Å²) in [6.45, 7) is 2.94. The van der Waals surface area contributed by atoms with E-state index in [1.54, 1.807) is 12.3 Å². The molecule has 0 unspecified atom stereocenters. The Labute approximate surface area is 191 Å². The van der Waals surface area contributed by atoms with Crippen molar-refractivity contribution < 1.29 is 14.1 Å². The minimum absolute atomic E-state index is 0.0383. The number of non-ortho nitro benzene ring substituents is 1. The SMILES string of the molecule is CCCCN1C(=S)N[C@H](c2ccccn2)[C@@H]1c1ccc(-c2ccc([N+](=O)[O-])cc2OC)o1. The third kappa shape index (κ3) is 4.16. The Morgan fingerprint density at radius 3 is 2.81 bits per heavy atom. The molecule has 0 amide bonds. The summed E-state index contributed by atoms with van der Waals surface area (Å²) in [5.74, 6) is 1.68. The number of aromatic nitrogens is 1. The second kappa shape index (κ2) is 9.35. The summed E-state index contributed by atoms with van der Waals surface area (Å²) in [5.41, 5.74) is 1.49. The lowest BCUT2D eigenvalue weighted by atomic mass is 10.0. The van der Waals surface area contributed by atoms with E-state index in [4.69, 9.17) is 21.4 Å². The number of ether oxygens (including phenoxy) is 1. The van der Waals surface area contributed by atoms with Crippen LogP contribution in [0.2, 0.25) is 0 Å². The molecule has 0 bridgehead atoms. The molecule has 1 N–H and O–H groups in total. The zero-order valence-electron chi connectivity index (χ0n) is 17.9. The largest absolute Gasteiger partial charge is 0.496 e. The zero-order chi connectivity index (χ0) is 22.7. The van der Waals surface area contributed by atoms with Crippen molar-refractivity contribution in [3.63, 3.8) is 0 Å². The lowest BCUT2D eigenvalue weighted by molar-refractivity contribution is -0.384. The van der Waals surface area contributed by atoms with Crippen LogP contribution in [-0.4, -0.2) is 33.6 Å². The molecule has 1 fully saturated rings. The molecule has 3 aromatic rings. The fraction of sp³-hybridized carbons (Fsp3) is 0.304. The van der Waals surface area contributed by atoms with Crippen molar-refractivity contribution in [2.45, 2.75) is 31.8 Å². The number of hydrogen-bond donors (Lipinski definition) is 1. The van der Waals surface area contributed by atoms with E-state index in [1.165, 1.54) is 19.2 Å². The summed E-state index contributed by atoms with van der Waals surface area (Å²) in [6, 6.07) is 13.7. The molecular formula is C23H24N4O4S. The van der Waals surface area contributed by atoms with Gasteiger partial charge in [0.2, 0.25) is 0 Å². The van der Waals surface area contributed by atoms with Gasteiger partial charge in [-0.15, -0.1) is 0 Å². The fourth-order valence-corrected chi connectivity index (χ4v) is 4.27. The Morgan fingerprint density at radius 1 is 1.28 bits per heavy atom. The van der Waals surface area contributed by atoms with Crippen molar-refractivity contribution in [3.05, 3.63) is 76.3 Å². The summed E-state index contributed by atoms with van der Waals surface area (Å²) < 4.78 is 11.7. The summed E-state index contributed by atoms with van der Waals surface area (Å²) in [6.07, 6.45) is 3.81. The molecule has 0 radical (unpaired) electrons. The maximum Gasteiger partial charge on any atom is 0.273 e. The second-order valence-electron chi connectivity index (χ2n) is 7.52. The molecule has 8 nitrogen and oxygen atoms in total. The number of unbranched alkanes of at least 4 members (excludes halogenated alkanes) is 1. The Kier molecular flexibility index (Phi) is 6.36. The van der Waals surface area contributed by atoms with Crippen molar-refractivity contribution in [2.75, 3.05) is 13.7 Å². The van der Waals surface area contributed by atoms with Crippen LogP contribution in [0.3, 0.4) is 0 Å². The van der Waals surface area contributed by atoms with Crippen molar-refractivity contribution in [1.82, 2.24) is 15.2 Å². The Hall–Kier alpha value is -3.46. The number of hydrogen-bond acceptors (Lipinski definition) is 6. The highest BCUT2D eigenvalue weighted by Crippen LogP contribution is 2.42. The third-order valence-electron chi connectivity index (χ3n) is 5.53. The number of nitro groups is 1. The minimum Gasteiger partial charge on any atom is -0.496 e. The van der Waals surface area contributed by atoms with Gasteiger partial charge in [-0.2, -0.15) is 0 Å². The molecular weight excluding hydrogens is 428 g/mol. The van der Waals surface area contributed by atoms with Crippen molar-refractivity contribution in [3.8, 4) is 17.1 Å². The van der Waals surface area contributed by atoms with E-state index in [2.05, 4.69) is 22.1 Å². The third-order valence-corrected chi connectivity index (χ3v) is 5.88. The van der Waals surface area contributed by atoms with Crippen LogP contribution in [0.25, 0.3) is 11.3 Å². The first-order valence-corrected chi connectivity index (χ1v) is 10.8. The summed E-state index contributed by atoms with van der Waals surface area (Å²) in [4.78, 5) is 17.3. The highest BCUT2D eigenvalue weighted by molar-refractivity contribution is 7.80. The first kappa shape index (κ1) is 21.8. The van der Waals surface area contributed by atoms with E-state index in [0.29, 0.717) is 22.2 Å². The van der Waals surface area contributed by atoms with Crippen LogP contribution < -0.4 is 10.1 Å². The lowest BCUT2D eigenvalue weighted by Crippen LogP contribution is -2.30. The van der Waals surface area contributed by atoms with Gasteiger partial charge in [0.25, 0.3) is 5.69 Å². The number of pyridine rings is 1. The number of thiocarbonyl (C=S) groups is 1. The molecule has 1 saturated heterocycles. The summed E-state index contributed by atoms with van der Waals surface area (Å²) >= 11 is 5.65. The van der Waals surface area contributed by atoms with Gasteiger partial charge in [-0.1, -0.05) is 19.4 Å². The van der Waals surface area contributed by atoms with Gasteiger partial charge in [0.1, 0.15) is 23.3 Å². The van der Waals surface area contributed by atoms with Gasteiger partial charge in [0.15, 0.2) is 5.11 Å². The monoisotopic (exact) mass is 452 g/mol. The molecule has 0 aliphatic carbocycles. The van der Waals surface area contributed by atoms with Crippen molar-refractivity contribution >= 4 is 23.0 Å². The minimum atomic E-state index is -0.450. The first-order valence-electron chi connectivity index (χ1n) is 10.4. The van der Waals surface area contributed by atoms with Gasteiger partial charge >= 0.3 is 0 Å². The van der Waals surface area contributed by atoms with Gasteiger partial charge < -0.3 is 19.4 Å². The van der Waals surface area contributed by atoms with Crippen LogP contribution in [0.4, 0.5) is 5.69 Å². The molecule has 4 rings (SSSR count). The van der Waals surface area contributed by atoms with Crippen LogP contribution in [0.1, 0.15) is 43.3 Å². The van der Waals surface area contributed by atoms with E-state index < -0.39 is 4.92 Å². The van der Waals surface area contributed by atoms with E-state index in [9.17, 15) is 10.1 Å². The Bertz CT molecular complexity index is 1120. The van der Waals surface area contributed by atoms with E-state index >= 15 is 0 Å². The molecule has 1 aliphatic heterocycles. The predicted molar refractivity (Wildman–Crippen MR) is 124 cm³/mol. The topological polar surface area (TPSA) is 93.7 Å². The van der Waals surface area contributed by atoms with E-state index in [1.807, 2.05) is 30.3 Å². The molecule has 1 aliphatic rings. The molecule has 0 spiro atoms. The normalized spacial score (nSPS) is 17.9. The fourth-order valence-electron chi connectivity index (χ4n) is 3.94. The maximum absolute atomic E-state index is 11.1. The van der Waals surface area contributed by atoms with Crippen molar-refractivity contribution in [1.29, 1.82) is 0 Å². The molecule has 3 heterocycles. The smallest absolute Gasteiger partial charge is 0.273 e. The van der Waals surface area contributed by atoms with Gasteiger partial charge in [0, 0.05) is 18.8 Å². The standard InChI is InChI=1S/C23H24N4O4S/c1-3-4-13-26-22(21(25-23(26)32)17-7-5-6-12-24-17)19-11-10-18(31-19)16-9-8-15(27(28)29)14-20(16)30-2/h5-12,14,21-22H,3-4,13H2,1-2H3,(H,25,32)/t21-,22+/m1/s1. The quantitative estimate of drug-likeness (QED) is 0.289. The van der Waals surface area contributed by atoms with Crippen molar-refractivity contribution in [2.24, 2.45) is 0 Å². The molecule has 2 atom stereocenters. The molecule has 0 saturated carbocycles. The van der Waals surface area contributed by atoms with Gasteiger partial charge in [-0.05, 0) is 49.0 Å². The Morgan fingerprint density at radius 2 is 2.12 bits per heavy atom. The van der Waals surface area contributed by atoms with E-state index in [0.717, 1.165) is 30.8 Å². The number of nitrogens with one attached hydrogen (secondary N) is 1. The number of rotatable bonds is 8. The average molecular weight is 453 g/mol. The highest BCUT2D eigenvalue weighted by Gasteiger charge is 2.41. The van der Waals surface area contributed by atoms with Crippen LogP contribution >= 0.6 is 12.2 Å². The number of methoxy groups -OCH3 is 1.